The summed E-state index contributed by atoms with van der Waals surface area (Å²) in [7, 11) is 0. The van der Waals surface area contributed by atoms with Crippen LogP contribution in [0.15, 0.2) is 33.9 Å². The Morgan fingerprint density at radius 2 is 1.73 bits per heavy atom. The van der Waals surface area contributed by atoms with Crippen molar-refractivity contribution in [1.82, 2.24) is 19.8 Å². The Kier molecular flexibility index (Phi) is 6.68. The number of nitrogens with one attached hydrogen (secondary N) is 2. The zero-order valence-electron chi connectivity index (χ0n) is 21.6. The van der Waals surface area contributed by atoms with Crippen molar-refractivity contribution in [1.29, 1.82) is 0 Å². The van der Waals surface area contributed by atoms with E-state index in [1.165, 1.54) is 12.1 Å². The fourth-order valence-electron chi connectivity index (χ4n) is 7.03. The van der Waals surface area contributed by atoms with Gasteiger partial charge in [0.2, 0.25) is 0 Å². The molecule has 3 atom stereocenters. The highest BCUT2D eigenvalue weighted by Gasteiger charge is 2.52. The molecule has 0 radical (unpaired) electrons. The number of aromatic amines is 1. The van der Waals surface area contributed by atoms with E-state index in [-0.39, 0.29) is 35.7 Å². The number of hydrogen-bond donors (Lipinski definition) is 2. The molecule has 40 heavy (non-hydrogen) atoms. The number of rotatable bonds is 5. The standard InChI is InChI=1S/C26H30F6N6O2/c27-25(28,29)14-37-22-20(21(39)34-23(37)40)36(13-15-4-3-5-17(10-15)26(30,31)32)24(38(22)18-6-1-2-7-18)35-9-8-16-11-33-12-19(16)35/h3-5,10,16,18-19,24,33H,1-2,6-9,11-14H2,(H,34,39,40). The number of benzene rings is 1. The molecule has 4 heterocycles. The van der Waals surface area contributed by atoms with Gasteiger partial charge in [-0.1, -0.05) is 25.0 Å². The highest BCUT2D eigenvalue weighted by Crippen LogP contribution is 2.46. The molecule has 0 amide bonds. The number of nitrogens with zero attached hydrogens (tertiary/aromatic N) is 4. The summed E-state index contributed by atoms with van der Waals surface area (Å²) >= 11 is 0. The Bertz CT molecular complexity index is 1380. The highest BCUT2D eigenvalue weighted by atomic mass is 19.4. The quantitative estimate of drug-likeness (QED) is 0.535. The van der Waals surface area contributed by atoms with Gasteiger partial charge in [0.05, 0.1) is 5.56 Å². The average Bonchev–Trinajstić information content (AvgIpc) is 3.64. The average molecular weight is 573 g/mol. The van der Waals surface area contributed by atoms with Crippen molar-refractivity contribution in [3.8, 4) is 0 Å². The van der Waals surface area contributed by atoms with Gasteiger partial charge in [-0.3, -0.25) is 19.2 Å². The van der Waals surface area contributed by atoms with Gasteiger partial charge < -0.3 is 15.1 Å². The second-order valence-electron chi connectivity index (χ2n) is 11.2. The summed E-state index contributed by atoms with van der Waals surface area (Å²) in [6.07, 6.45) is -6.20. The molecule has 2 saturated heterocycles. The topological polar surface area (TPSA) is 76.6 Å². The Hall–Kier alpha value is -3.00. The molecule has 0 bridgehead atoms. The van der Waals surface area contributed by atoms with E-state index in [2.05, 4.69) is 15.2 Å². The SMILES string of the molecule is O=c1[nH]c(=O)n(CC(F)(F)F)c2c1N(Cc1cccc(C(F)(F)F)c1)C(N1CCC3CNCC31)N2C1CCCC1. The maximum absolute atomic E-state index is 13.8. The van der Waals surface area contributed by atoms with Crippen LogP contribution in [0.5, 0.6) is 0 Å². The number of halogens is 6. The van der Waals surface area contributed by atoms with Gasteiger partial charge in [-0.25, -0.2) is 4.79 Å². The summed E-state index contributed by atoms with van der Waals surface area (Å²) in [5.41, 5.74) is -2.73. The van der Waals surface area contributed by atoms with Crippen LogP contribution in [-0.4, -0.2) is 58.6 Å². The maximum Gasteiger partial charge on any atom is 0.416 e. The molecule has 2 N–H and O–H groups in total. The van der Waals surface area contributed by atoms with Crippen molar-refractivity contribution in [3.63, 3.8) is 0 Å². The molecular weight excluding hydrogens is 542 g/mol. The van der Waals surface area contributed by atoms with E-state index in [1.807, 2.05) is 0 Å². The second-order valence-corrected chi connectivity index (χ2v) is 11.2. The van der Waals surface area contributed by atoms with Crippen molar-refractivity contribution in [2.75, 3.05) is 29.4 Å². The van der Waals surface area contributed by atoms with Crippen LogP contribution in [0, 0.1) is 5.92 Å². The first-order chi connectivity index (χ1) is 18.9. The predicted molar refractivity (Wildman–Crippen MR) is 135 cm³/mol. The number of fused-ring (bicyclic) bond motifs is 2. The fourth-order valence-corrected chi connectivity index (χ4v) is 7.03. The Morgan fingerprint density at radius 3 is 2.42 bits per heavy atom. The molecule has 1 aliphatic carbocycles. The molecule has 1 aromatic carbocycles. The number of H-pyrrole nitrogens is 1. The number of hydrogen-bond acceptors (Lipinski definition) is 6. The van der Waals surface area contributed by atoms with E-state index < -0.39 is 42.0 Å². The lowest BCUT2D eigenvalue weighted by atomic mass is 10.1. The monoisotopic (exact) mass is 572 g/mol. The van der Waals surface area contributed by atoms with E-state index in [0.29, 0.717) is 36.4 Å². The third-order valence-corrected chi connectivity index (χ3v) is 8.66. The first kappa shape index (κ1) is 27.2. The van der Waals surface area contributed by atoms with Crippen LogP contribution >= 0.6 is 0 Å². The molecule has 1 aromatic heterocycles. The molecule has 4 aliphatic rings. The summed E-state index contributed by atoms with van der Waals surface area (Å²) < 4.78 is 82.5. The predicted octanol–water partition coefficient (Wildman–Crippen LogP) is 3.46. The van der Waals surface area contributed by atoms with Gasteiger partial charge in [-0.2, -0.15) is 26.3 Å². The van der Waals surface area contributed by atoms with Gasteiger partial charge in [0.15, 0.2) is 6.29 Å². The van der Waals surface area contributed by atoms with Crippen molar-refractivity contribution in [2.24, 2.45) is 5.92 Å². The van der Waals surface area contributed by atoms with Gasteiger partial charge in [0, 0.05) is 31.7 Å². The summed E-state index contributed by atoms with van der Waals surface area (Å²) in [4.78, 5) is 33.9. The summed E-state index contributed by atoms with van der Waals surface area (Å²) in [6.45, 7) is 0.307. The minimum Gasteiger partial charge on any atom is -0.327 e. The Labute approximate surface area is 225 Å². The van der Waals surface area contributed by atoms with E-state index in [9.17, 15) is 35.9 Å². The van der Waals surface area contributed by atoms with E-state index >= 15 is 0 Å². The Morgan fingerprint density at radius 1 is 0.975 bits per heavy atom. The van der Waals surface area contributed by atoms with Gasteiger partial charge in [0.25, 0.3) is 5.56 Å². The molecule has 0 spiro atoms. The normalized spacial score (nSPS) is 25.7. The zero-order chi connectivity index (χ0) is 28.4. The second kappa shape index (κ2) is 9.82. The van der Waals surface area contributed by atoms with E-state index in [0.717, 1.165) is 37.9 Å². The number of aromatic nitrogens is 2. The van der Waals surface area contributed by atoms with Crippen LogP contribution in [0.3, 0.4) is 0 Å². The lowest BCUT2D eigenvalue weighted by Gasteiger charge is -2.44. The molecule has 3 aliphatic heterocycles. The van der Waals surface area contributed by atoms with Crippen molar-refractivity contribution in [2.45, 2.75) is 75.9 Å². The van der Waals surface area contributed by atoms with Gasteiger partial charge in [0.1, 0.15) is 18.1 Å². The molecule has 3 unspecified atom stereocenters. The van der Waals surface area contributed by atoms with Crippen LogP contribution in [-0.2, 0) is 19.3 Å². The largest absolute Gasteiger partial charge is 0.416 e. The molecule has 218 valence electrons. The van der Waals surface area contributed by atoms with Gasteiger partial charge in [-0.05, 0) is 49.4 Å². The molecule has 3 fully saturated rings. The number of likely N-dealkylation sites (tertiary alicyclic amines) is 1. The summed E-state index contributed by atoms with van der Waals surface area (Å²) in [5, 5.41) is 3.36. The van der Waals surface area contributed by atoms with Crippen molar-refractivity contribution in [3.05, 3.63) is 56.2 Å². The summed E-state index contributed by atoms with van der Waals surface area (Å²) in [5.74, 6) is 0.199. The first-order valence-electron chi connectivity index (χ1n) is 13.5. The lowest BCUT2D eigenvalue weighted by molar-refractivity contribution is -0.141. The van der Waals surface area contributed by atoms with Gasteiger partial charge >= 0.3 is 18.0 Å². The fraction of sp³-hybridized carbons (Fsp3) is 0.615. The minimum atomic E-state index is -4.74. The van der Waals surface area contributed by atoms with Crippen molar-refractivity contribution < 1.29 is 26.3 Å². The van der Waals surface area contributed by atoms with E-state index in [1.54, 1.807) is 9.80 Å². The smallest absolute Gasteiger partial charge is 0.327 e. The third kappa shape index (κ3) is 4.78. The number of anilines is 2. The molecule has 6 rings (SSSR count). The Balaban J connectivity index is 1.54. The van der Waals surface area contributed by atoms with Crippen LogP contribution in [0.2, 0.25) is 0 Å². The van der Waals surface area contributed by atoms with Gasteiger partial charge in [-0.15, -0.1) is 0 Å². The van der Waals surface area contributed by atoms with Crippen molar-refractivity contribution >= 4 is 11.5 Å². The molecule has 1 saturated carbocycles. The van der Waals surface area contributed by atoms with Crippen LogP contribution in [0.4, 0.5) is 37.8 Å². The molecular formula is C26H30F6N6O2. The highest BCUT2D eigenvalue weighted by molar-refractivity contribution is 5.74. The minimum absolute atomic E-state index is 0.0362. The van der Waals surface area contributed by atoms with Crippen LogP contribution < -0.4 is 26.4 Å². The third-order valence-electron chi connectivity index (χ3n) is 8.66. The molecule has 8 nitrogen and oxygen atoms in total. The lowest BCUT2D eigenvalue weighted by Crippen LogP contribution is -2.60. The van der Waals surface area contributed by atoms with E-state index in [4.69, 9.17) is 0 Å². The van der Waals surface area contributed by atoms with Crippen LogP contribution in [0.25, 0.3) is 0 Å². The molecule has 2 aromatic rings. The van der Waals surface area contributed by atoms with Crippen LogP contribution in [0.1, 0.15) is 43.2 Å². The summed E-state index contributed by atoms with van der Waals surface area (Å²) in [6, 6.07) is 4.54. The first-order valence-corrected chi connectivity index (χ1v) is 13.5. The molecule has 14 heteroatoms. The number of alkyl halides is 6. The zero-order valence-corrected chi connectivity index (χ0v) is 21.6. The maximum atomic E-state index is 13.8.